The van der Waals surface area contributed by atoms with Crippen LogP contribution in [0.2, 0.25) is 0 Å². The molecular formula is C16H22N2O5. The van der Waals surface area contributed by atoms with Gasteiger partial charge in [0.15, 0.2) is 0 Å². The molecule has 0 amide bonds. The summed E-state index contributed by atoms with van der Waals surface area (Å²) >= 11 is 0. The maximum Gasteiger partial charge on any atom is 0.345 e. The Morgan fingerprint density at radius 2 is 2.09 bits per heavy atom. The fourth-order valence-electron chi connectivity index (χ4n) is 2.42. The standard InChI is InChI=1S/C16H22N2O5/c1-16(2,3)23-15(19)13-6-5-11(9-14(13)18(20)21)22-12-7-8-17(4)10-12/h5-6,9,12H,7-8,10H2,1-4H3/t12-/m0/s1. The number of likely N-dealkylation sites (tertiary alicyclic amines) is 1. The molecule has 0 N–H and O–H groups in total. The molecule has 1 heterocycles. The molecule has 1 aromatic rings. The third-order valence-corrected chi connectivity index (χ3v) is 3.44. The van der Waals surface area contributed by atoms with Crippen LogP contribution in [0.25, 0.3) is 0 Å². The lowest BCUT2D eigenvalue weighted by atomic mass is 10.1. The average Bonchev–Trinajstić information content (AvgIpc) is 2.82. The van der Waals surface area contributed by atoms with Gasteiger partial charge in [0, 0.05) is 13.1 Å². The Labute approximate surface area is 135 Å². The first-order valence-electron chi connectivity index (χ1n) is 7.53. The predicted octanol–water partition coefficient (Wildman–Crippen LogP) is 2.63. The van der Waals surface area contributed by atoms with Crippen LogP contribution in [0.15, 0.2) is 18.2 Å². The van der Waals surface area contributed by atoms with Crippen LogP contribution in [-0.2, 0) is 4.74 Å². The van der Waals surface area contributed by atoms with E-state index in [2.05, 4.69) is 4.90 Å². The number of nitro groups is 1. The smallest absolute Gasteiger partial charge is 0.345 e. The summed E-state index contributed by atoms with van der Waals surface area (Å²) in [5.74, 6) is -0.319. The van der Waals surface area contributed by atoms with Gasteiger partial charge in [-0.2, -0.15) is 0 Å². The Bertz CT molecular complexity index is 609. The van der Waals surface area contributed by atoms with Crippen molar-refractivity contribution in [2.45, 2.75) is 38.9 Å². The van der Waals surface area contributed by atoms with Gasteiger partial charge in [-0.1, -0.05) is 0 Å². The van der Waals surface area contributed by atoms with Crippen molar-refractivity contribution in [2.75, 3.05) is 20.1 Å². The van der Waals surface area contributed by atoms with Crippen molar-refractivity contribution in [2.24, 2.45) is 0 Å². The molecule has 0 spiro atoms. The van der Waals surface area contributed by atoms with Gasteiger partial charge < -0.3 is 14.4 Å². The number of carbonyl (C=O) groups excluding carboxylic acids is 1. The molecular weight excluding hydrogens is 300 g/mol. The highest BCUT2D eigenvalue weighted by atomic mass is 16.6. The first-order chi connectivity index (χ1) is 10.7. The van der Waals surface area contributed by atoms with Gasteiger partial charge in [0.25, 0.3) is 5.69 Å². The molecule has 23 heavy (non-hydrogen) atoms. The summed E-state index contributed by atoms with van der Waals surface area (Å²) in [6.07, 6.45) is 0.880. The van der Waals surface area contributed by atoms with Crippen LogP contribution >= 0.6 is 0 Å². The summed E-state index contributed by atoms with van der Waals surface area (Å²) in [7, 11) is 2.00. The second-order valence-electron chi connectivity index (χ2n) is 6.73. The molecule has 1 fully saturated rings. The zero-order valence-electron chi connectivity index (χ0n) is 13.9. The minimum Gasteiger partial charge on any atom is -0.489 e. The van der Waals surface area contributed by atoms with E-state index in [0.29, 0.717) is 5.75 Å². The van der Waals surface area contributed by atoms with E-state index in [4.69, 9.17) is 9.47 Å². The molecule has 1 atom stereocenters. The van der Waals surface area contributed by atoms with Crippen molar-refractivity contribution in [3.63, 3.8) is 0 Å². The molecule has 7 nitrogen and oxygen atoms in total. The highest BCUT2D eigenvalue weighted by molar-refractivity contribution is 5.94. The predicted molar refractivity (Wildman–Crippen MR) is 84.8 cm³/mol. The van der Waals surface area contributed by atoms with E-state index in [1.165, 1.54) is 12.1 Å². The van der Waals surface area contributed by atoms with Crippen molar-refractivity contribution in [3.8, 4) is 5.75 Å². The first-order valence-corrected chi connectivity index (χ1v) is 7.53. The Morgan fingerprint density at radius 3 is 2.61 bits per heavy atom. The lowest BCUT2D eigenvalue weighted by Gasteiger charge is -2.19. The number of esters is 1. The van der Waals surface area contributed by atoms with Crippen molar-refractivity contribution in [1.29, 1.82) is 0 Å². The Morgan fingerprint density at radius 1 is 1.39 bits per heavy atom. The summed E-state index contributed by atoms with van der Waals surface area (Å²) in [5, 5.41) is 11.3. The van der Waals surface area contributed by atoms with Gasteiger partial charge in [0.05, 0.1) is 11.0 Å². The quantitative estimate of drug-likeness (QED) is 0.481. The largest absolute Gasteiger partial charge is 0.489 e. The molecule has 0 bridgehead atoms. The number of hydrogen-bond donors (Lipinski definition) is 0. The minimum absolute atomic E-state index is 0.00646. The highest BCUT2D eigenvalue weighted by Gasteiger charge is 2.27. The normalized spacial score (nSPS) is 18.7. The van der Waals surface area contributed by atoms with Gasteiger partial charge in [-0.05, 0) is 46.4 Å². The molecule has 1 aliphatic heterocycles. The van der Waals surface area contributed by atoms with E-state index in [-0.39, 0.29) is 17.4 Å². The monoisotopic (exact) mass is 322 g/mol. The fraction of sp³-hybridized carbons (Fsp3) is 0.562. The highest BCUT2D eigenvalue weighted by Crippen LogP contribution is 2.28. The van der Waals surface area contributed by atoms with Gasteiger partial charge in [0.1, 0.15) is 23.0 Å². The van der Waals surface area contributed by atoms with Crippen LogP contribution < -0.4 is 4.74 Å². The molecule has 1 aliphatic rings. The van der Waals surface area contributed by atoms with E-state index >= 15 is 0 Å². The number of rotatable bonds is 4. The third kappa shape index (κ3) is 4.66. The fourth-order valence-corrected chi connectivity index (χ4v) is 2.42. The maximum atomic E-state index is 12.1. The number of carbonyl (C=O) groups is 1. The number of benzene rings is 1. The van der Waals surface area contributed by atoms with Crippen LogP contribution in [0.5, 0.6) is 5.75 Å². The minimum atomic E-state index is -0.714. The zero-order chi connectivity index (χ0) is 17.2. The molecule has 7 heteroatoms. The maximum absolute atomic E-state index is 12.1. The molecule has 1 aromatic carbocycles. The number of likely N-dealkylation sites (N-methyl/N-ethyl adjacent to an activating group) is 1. The average molecular weight is 322 g/mol. The molecule has 0 aromatic heterocycles. The third-order valence-electron chi connectivity index (χ3n) is 3.44. The lowest BCUT2D eigenvalue weighted by Crippen LogP contribution is -2.24. The van der Waals surface area contributed by atoms with Crippen LogP contribution in [0.4, 0.5) is 5.69 Å². The van der Waals surface area contributed by atoms with Crippen molar-refractivity contribution in [3.05, 3.63) is 33.9 Å². The van der Waals surface area contributed by atoms with Crippen molar-refractivity contribution >= 4 is 11.7 Å². The second kappa shape index (κ2) is 6.54. The number of hydrogen-bond acceptors (Lipinski definition) is 6. The van der Waals surface area contributed by atoms with Crippen LogP contribution in [0.3, 0.4) is 0 Å². The number of nitro benzene ring substituents is 1. The number of ether oxygens (including phenoxy) is 2. The van der Waals surface area contributed by atoms with Crippen LogP contribution in [0, 0.1) is 10.1 Å². The van der Waals surface area contributed by atoms with Gasteiger partial charge >= 0.3 is 5.97 Å². The van der Waals surface area contributed by atoms with Gasteiger partial charge in [-0.25, -0.2) is 4.79 Å². The lowest BCUT2D eigenvalue weighted by molar-refractivity contribution is -0.385. The zero-order valence-corrected chi connectivity index (χ0v) is 13.9. The van der Waals surface area contributed by atoms with Crippen LogP contribution in [0.1, 0.15) is 37.6 Å². The Hall–Kier alpha value is -2.15. The molecule has 0 saturated carbocycles. The van der Waals surface area contributed by atoms with Crippen molar-refractivity contribution in [1.82, 2.24) is 4.90 Å². The number of nitrogens with zero attached hydrogens (tertiary/aromatic N) is 2. The topological polar surface area (TPSA) is 81.9 Å². The van der Waals surface area contributed by atoms with Gasteiger partial charge in [-0.3, -0.25) is 10.1 Å². The summed E-state index contributed by atoms with van der Waals surface area (Å²) < 4.78 is 11.0. The van der Waals surface area contributed by atoms with Gasteiger partial charge in [0.2, 0.25) is 0 Å². The molecule has 2 rings (SSSR count). The summed E-state index contributed by atoms with van der Waals surface area (Å²) in [6, 6.07) is 4.25. The van der Waals surface area contributed by atoms with Crippen molar-refractivity contribution < 1.29 is 19.2 Å². The Balaban J connectivity index is 2.21. The van der Waals surface area contributed by atoms with Crippen LogP contribution in [-0.4, -0.2) is 47.6 Å². The summed E-state index contributed by atoms with van der Waals surface area (Å²) in [4.78, 5) is 24.9. The summed E-state index contributed by atoms with van der Waals surface area (Å²) in [6.45, 7) is 6.85. The first kappa shape index (κ1) is 17.2. The molecule has 0 unspecified atom stereocenters. The SMILES string of the molecule is CN1CC[C@H](Oc2ccc(C(=O)OC(C)(C)C)c([N+](=O)[O-])c2)C1. The van der Waals surface area contributed by atoms with Gasteiger partial charge in [-0.15, -0.1) is 0 Å². The van der Waals surface area contributed by atoms with E-state index in [9.17, 15) is 14.9 Å². The van der Waals surface area contributed by atoms with E-state index < -0.39 is 16.5 Å². The van der Waals surface area contributed by atoms with E-state index in [0.717, 1.165) is 19.5 Å². The molecule has 126 valence electrons. The van der Waals surface area contributed by atoms with E-state index in [1.807, 2.05) is 7.05 Å². The second-order valence-corrected chi connectivity index (χ2v) is 6.73. The molecule has 0 aliphatic carbocycles. The molecule has 0 radical (unpaired) electrons. The molecule has 1 saturated heterocycles. The Kier molecular flexibility index (Phi) is 4.89. The van der Waals surface area contributed by atoms with E-state index in [1.54, 1.807) is 26.8 Å². The summed E-state index contributed by atoms with van der Waals surface area (Å²) in [5.41, 5.74) is -1.09.